The maximum absolute atomic E-state index is 12.8. The quantitative estimate of drug-likeness (QED) is 0.217. The van der Waals surface area contributed by atoms with Gasteiger partial charge in [0, 0.05) is 30.6 Å². The van der Waals surface area contributed by atoms with Crippen LogP contribution in [0.25, 0.3) is 10.9 Å². The van der Waals surface area contributed by atoms with E-state index in [1.807, 2.05) is 60.8 Å². The number of methoxy groups -OCH3 is 1. The minimum Gasteiger partial charge on any atom is -0.497 e. The highest BCUT2D eigenvalue weighted by atomic mass is 16.5. The van der Waals surface area contributed by atoms with Gasteiger partial charge in [-0.25, -0.2) is 9.48 Å². The zero-order valence-corrected chi connectivity index (χ0v) is 25.3. The Balaban J connectivity index is 1.17. The molecule has 2 aromatic carbocycles. The third-order valence-corrected chi connectivity index (χ3v) is 9.01. The standard InChI is InChI=1S/C34H38N6O5/c1-3-23-18-39-14-12-24(23)16-31(39)33(27-11-13-35-29-10-9-26(44-2)17-28(27)29)45-21-25-19-40(38-37-25)20-32(41)36-30(34(42)43)15-22-7-5-4-6-8-22/h3-11,13,17,19,23-24,30-31,33H,1,12,14-16,18,20-21H2,2H3,(H,36,41)(H,42,43)/t23-,24-,30-,31+,33+/m0/s1. The number of aromatic nitrogens is 4. The molecule has 45 heavy (non-hydrogen) atoms. The summed E-state index contributed by atoms with van der Waals surface area (Å²) in [6, 6.07) is 16.2. The van der Waals surface area contributed by atoms with Crippen LogP contribution in [0, 0.1) is 11.8 Å². The summed E-state index contributed by atoms with van der Waals surface area (Å²) in [6.45, 7) is 6.07. The molecule has 11 heteroatoms. The number of pyridine rings is 1. The lowest BCUT2D eigenvalue weighted by Gasteiger charge is -2.51. The maximum atomic E-state index is 12.8. The molecule has 11 nitrogen and oxygen atoms in total. The summed E-state index contributed by atoms with van der Waals surface area (Å²) in [5.41, 5.74) is 3.30. The van der Waals surface area contributed by atoms with E-state index in [1.165, 1.54) is 4.68 Å². The van der Waals surface area contributed by atoms with Crippen LogP contribution < -0.4 is 10.1 Å². The van der Waals surface area contributed by atoms with Crippen molar-refractivity contribution in [3.8, 4) is 5.75 Å². The van der Waals surface area contributed by atoms with Crippen molar-refractivity contribution in [2.45, 2.75) is 50.6 Å². The fourth-order valence-electron chi connectivity index (χ4n) is 6.72. The zero-order valence-electron chi connectivity index (χ0n) is 25.3. The fourth-order valence-corrected chi connectivity index (χ4v) is 6.72. The second-order valence-electron chi connectivity index (χ2n) is 11.8. The van der Waals surface area contributed by atoms with Crippen molar-refractivity contribution in [3.63, 3.8) is 0 Å². The first-order valence-corrected chi connectivity index (χ1v) is 15.3. The molecule has 2 aromatic heterocycles. The molecule has 3 aliphatic rings. The number of aliphatic carboxylic acids is 1. The van der Waals surface area contributed by atoms with E-state index in [1.54, 1.807) is 13.3 Å². The Morgan fingerprint density at radius 2 is 2.04 bits per heavy atom. The number of rotatable bonds is 13. The van der Waals surface area contributed by atoms with Crippen LogP contribution in [0.3, 0.4) is 0 Å². The first-order valence-electron chi connectivity index (χ1n) is 15.3. The zero-order chi connectivity index (χ0) is 31.3. The molecular formula is C34H38N6O5. The number of hydrogen-bond acceptors (Lipinski definition) is 8. The Kier molecular flexibility index (Phi) is 9.18. The average Bonchev–Trinajstić information content (AvgIpc) is 3.51. The van der Waals surface area contributed by atoms with Gasteiger partial charge in [-0.15, -0.1) is 11.7 Å². The van der Waals surface area contributed by atoms with Gasteiger partial charge in [-0.05, 0) is 66.6 Å². The van der Waals surface area contributed by atoms with E-state index in [0.29, 0.717) is 17.5 Å². The second kappa shape index (κ2) is 13.6. The maximum Gasteiger partial charge on any atom is 0.326 e. The molecule has 0 spiro atoms. The summed E-state index contributed by atoms with van der Waals surface area (Å²) in [5.74, 6) is 0.224. The first-order chi connectivity index (χ1) is 21.9. The van der Waals surface area contributed by atoms with Gasteiger partial charge >= 0.3 is 5.97 Å². The summed E-state index contributed by atoms with van der Waals surface area (Å²) in [5, 5.41) is 21.6. The molecule has 1 unspecified atom stereocenters. The molecule has 2 N–H and O–H groups in total. The van der Waals surface area contributed by atoms with Gasteiger partial charge in [-0.3, -0.25) is 14.7 Å². The third-order valence-electron chi connectivity index (χ3n) is 9.01. The number of piperidine rings is 3. The van der Waals surface area contributed by atoms with E-state index in [-0.39, 0.29) is 31.7 Å². The van der Waals surface area contributed by atoms with Crippen LogP contribution in [0.2, 0.25) is 0 Å². The van der Waals surface area contributed by atoms with E-state index in [4.69, 9.17) is 9.47 Å². The van der Waals surface area contributed by atoms with Crippen molar-refractivity contribution < 1.29 is 24.2 Å². The molecule has 1 amide bonds. The molecule has 0 aliphatic carbocycles. The molecule has 4 aromatic rings. The molecule has 6 atom stereocenters. The lowest BCUT2D eigenvalue weighted by Crippen LogP contribution is -2.55. The number of nitrogens with zero attached hydrogens (tertiary/aromatic N) is 5. The van der Waals surface area contributed by atoms with Gasteiger partial charge in [0.25, 0.3) is 0 Å². The number of carbonyl (C=O) groups is 2. The highest BCUT2D eigenvalue weighted by Crippen LogP contribution is 2.44. The highest BCUT2D eigenvalue weighted by molar-refractivity contribution is 5.84. The Morgan fingerprint density at radius 1 is 1.20 bits per heavy atom. The molecule has 0 saturated carbocycles. The van der Waals surface area contributed by atoms with E-state index in [9.17, 15) is 14.7 Å². The van der Waals surface area contributed by atoms with Crippen molar-refractivity contribution in [1.29, 1.82) is 0 Å². The van der Waals surface area contributed by atoms with Crippen LogP contribution >= 0.6 is 0 Å². The van der Waals surface area contributed by atoms with Crippen molar-refractivity contribution in [2.24, 2.45) is 11.8 Å². The minimum absolute atomic E-state index is 0.162. The van der Waals surface area contributed by atoms with Gasteiger partial charge in [0.05, 0.1) is 31.5 Å². The van der Waals surface area contributed by atoms with Crippen molar-refractivity contribution >= 4 is 22.8 Å². The van der Waals surface area contributed by atoms with Crippen molar-refractivity contribution in [2.75, 3.05) is 20.2 Å². The summed E-state index contributed by atoms with van der Waals surface area (Å²) >= 11 is 0. The van der Waals surface area contributed by atoms with E-state index in [0.717, 1.165) is 53.7 Å². The van der Waals surface area contributed by atoms with Crippen LogP contribution in [0.4, 0.5) is 0 Å². The van der Waals surface area contributed by atoms with Crippen LogP contribution in [-0.2, 0) is 33.9 Å². The van der Waals surface area contributed by atoms with Gasteiger partial charge in [0.2, 0.25) is 5.91 Å². The molecule has 3 fully saturated rings. The average molecular weight is 611 g/mol. The smallest absolute Gasteiger partial charge is 0.326 e. The number of carboxylic acid groups (broad SMARTS) is 1. The second-order valence-corrected chi connectivity index (χ2v) is 11.8. The summed E-state index contributed by atoms with van der Waals surface area (Å²) in [4.78, 5) is 31.7. The van der Waals surface area contributed by atoms with Crippen LogP contribution in [0.1, 0.15) is 35.8 Å². The van der Waals surface area contributed by atoms with Crippen LogP contribution in [-0.4, -0.2) is 74.1 Å². The third kappa shape index (κ3) is 6.89. The van der Waals surface area contributed by atoms with E-state index >= 15 is 0 Å². The number of benzene rings is 2. The SMILES string of the molecule is C=C[C@H]1CN2CC[C@H]1C[C@@H]2[C@H](OCc1cn(CC(=O)N[C@@H](Cc2ccccc2)C(=O)O)nn1)c1ccnc2ccc(OC)cc12. The molecule has 234 valence electrons. The van der Waals surface area contributed by atoms with Crippen LogP contribution in [0.15, 0.2) is 79.6 Å². The predicted molar refractivity (Wildman–Crippen MR) is 167 cm³/mol. The van der Waals surface area contributed by atoms with Gasteiger partial charge in [0.15, 0.2) is 0 Å². The lowest BCUT2D eigenvalue weighted by molar-refractivity contribution is -0.141. The molecule has 0 radical (unpaired) electrons. The molecular weight excluding hydrogens is 572 g/mol. The largest absolute Gasteiger partial charge is 0.497 e. The number of hydrogen-bond donors (Lipinski definition) is 2. The Bertz CT molecular complexity index is 1660. The lowest BCUT2D eigenvalue weighted by atomic mass is 9.73. The van der Waals surface area contributed by atoms with E-state index < -0.39 is 17.9 Å². The summed E-state index contributed by atoms with van der Waals surface area (Å²) < 4.78 is 13.6. The summed E-state index contributed by atoms with van der Waals surface area (Å²) in [6.07, 6.45) is 7.63. The molecule has 7 rings (SSSR count). The monoisotopic (exact) mass is 610 g/mol. The number of ether oxygens (including phenoxy) is 2. The van der Waals surface area contributed by atoms with E-state index in [2.05, 4.69) is 38.2 Å². The number of fused-ring (bicyclic) bond motifs is 4. The number of amides is 1. The fraction of sp³-hybridized carbons (Fsp3) is 0.382. The molecule has 2 bridgehead atoms. The van der Waals surface area contributed by atoms with Crippen LogP contribution in [0.5, 0.6) is 5.75 Å². The summed E-state index contributed by atoms with van der Waals surface area (Å²) in [7, 11) is 1.65. The van der Waals surface area contributed by atoms with Gasteiger partial charge < -0.3 is 19.9 Å². The van der Waals surface area contributed by atoms with Crippen molar-refractivity contribution in [1.82, 2.24) is 30.2 Å². The first kappa shape index (κ1) is 30.4. The number of nitrogens with one attached hydrogen (secondary N) is 1. The highest BCUT2D eigenvalue weighted by Gasteiger charge is 2.43. The Labute approximate surface area is 261 Å². The Hall–Kier alpha value is -4.61. The van der Waals surface area contributed by atoms with Gasteiger partial charge in [-0.2, -0.15) is 0 Å². The van der Waals surface area contributed by atoms with Crippen molar-refractivity contribution in [3.05, 3.63) is 96.5 Å². The topological polar surface area (TPSA) is 132 Å². The predicted octanol–water partition coefficient (Wildman–Crippen LogP) is 3.80. The molecule has 3 aliphatic heterocycles. The molecule has 3 saturated heterocycles. The Morgan fingerprint density at radius 3 is 2.78 bits per heavy atom. The number of carbonyl (C=O) groups excluding carboxylic acids is 1. The molecule has 5 heterocycles. The minimum atomic E-state index is -1.10. The van der Waals surface area contributed by atoms with Gasteiger partial charge in [0.1, 0.15) is 24.0 Å². The van der Waals surface area contributed by atoms with Gasteiger partial charge in [-0.1, -0.05) is 41.6 Å². The number of carboxylic acids is 1. The normalized spacial score (nSPS) is 22.1.